The van der Waals surface area contributed by atoms with Gasteiger partial charge in [-0.15, -0.1) is 0 Å². The Morgan fingerprint density at radius 1 is 0.829 bits per heavy atom. The minimum absolute atomic E-state index is 0.274. The van der Waals surface area contributed by atoms with Gasteiger partial charge in [0.05, 0.1) is 12.7 Å². The molecule has 0 aliphatic heterocycles. The van der Waals surface area contributed by atoms with E-state index in [4.69, 9.17) is 9.47 Å². The van der Waals surface area contributed by atoms with Crippen molar-refractivity contribution in [2.24, 2.45) is 56.7 Å². The molecule has 5 rings (SSSR count). The van der Waals surface area contributed by atoms with Crippen LogP contribution in [0.1, 0.15) is 113 Å². The molecule has 5 fully saturated rings. The van der Waals surface area contributed by atoms with Crippen LogP contribution in [0.2, 0.25) is 0 Å². The van der Waals surface area contributed by atoms with Gasteiger partial charge in [0, 0.05) is 13.7 Å². The normalized spacial score (nSPS) is 52.7. The molecule has 2 nitrogen and oxygen atoms in total. The second-order valence-corrected chi connectivity index (χ2v) is 15.3. The summed E-state index contributed by atoms with van der Waals surface area (Å²) in [5.41, 5.74) is 3.44. The smallest absolute Gasteiger partial charge is 0.0625 e. The second-order valence-electron chi connectivity index (χ2n) is 15.3. The fourth-order valence-electron chi connectivity index (χ4n) is 12.2. The van der Waals surface area contributed by atoms with E-state index >= 15 is 0 Å². The van der Waals surface area contributed by atoms with Crippen LogP contribution >= 0.6 is 0 Å². The topological polar surface area (TPSA) is 18.5 Å². The summed E-state index contributed by atoms with van der Waals surface area (Å²) >= 11 is 0. The van der Waals surface area contributed by atoms with Gasteiger partial charge in [0.1, 0.15) is 0 Å². The lowest BCUT2D eigenvalue weighted by Gasteiger charge is -2.73. The van der Waals surface area contributed by atoms with Crippen LogP contribution in [-0.4, -0.2) is 26.4 Å². The van der Waals surface area contributed by atoms with Gasteiger partial charge < -0.3 is 9.47 Å². The lowest BCUT2D eigenvalue weighted by Crippen LogP contribution is -2.67. The fourth-order valence-corrected chi connectivity index (χ4v) is 12.2. The van der Waals surface area contributed by atoms with Gasteiger partial charge in [0.25, 0.3) is 0 Å². The van der Waals surface area contributed by atoms with Crippen molar-refractivity contribution in [2.45, 2.75) is 119 Å². The van der Waals surface area contributed by atoms with Crippen LogP contribution in [0.25, 0.3) is 0 Å². The molecule has 0 saturated heterocycles. The summed E-state index contributed by atoms with van der Waals surface area (Å²) in [6.07, 6.45) is 14.1. The Bertz CT molecular complexity index is 831. The minimum Gasteiger partial charge on any atom is -0.381 e. The Labute approximate surface area is 217 Å². The van der Waals surface area contributed by atoms with E-state index in [1.807, 2.05) is 7.11 Å². The van der Waals surface area contributed by atoms with Crippen LogP contribution in [0.15, 0.2) is 12.2 Å². The van der Waals surface area contributed by atoms with E-state index in [1.165, 1.54) is 69.8 Å². The first-order chi connectivity index (χ1) is 16.4. The minimum atomic E-state index is 0.274. The lowest BCUT2D eigenvalue weighted by atomic mass is 9.32. The van der Waals surface area contributed by atoms with E-state index in [-0.39, 0.29) is 5.41 Å². The maximum Gasteiger partial charge on any atom is 0.0625 e. The maximum absolute atomic E-state index is 6.24. The fraction of sp³-hybridized carbons (Fsp3) is 0.939. The number of hydrogen-bond donors (Lipinski definition) is 0. The molecule has 5 aliphatic carbocycles. The SMILES string of the molecule is C=C(C)[C@@H]1CC[C@]2(COCC)CC[C@]3(C)[C@H](CCC4[C@@]5(C)CC[C@H](OC)C(C)(C)[C@@H]5CC[C@]43C)C12. The third kappa shape index (κ3) is 3.40. The molecule has 0 radical (unpaired) electrons. The Morgan fingerprint density at radius 3 is 2.23 bits per heavy atom. The Morgan fingerprint density at radius 2 is 1.57 bits per heavy atom. The molecule has 10 atom stereocenters. The average Bonchev–Trinajstić information content (AvgIpc) is 3.18. The highest BCUT2D eigenvalue weighted by atomic mass is 16.5. The number of hydrogen-bond acceptors (Lipinski definition) is 2. The third-order valence-electron chi connectivity index (χ3n) is 14.1. The van der Waals surface area contributed by atoms with E-state index in [1.54, 1.807) is 0 Å². The van der Waals surface area contributed by atoms with Crippen molar-refractivity contribution in [2.75, 3.05) is 20.3 Å². The van der Waals surface area contributed by atoms with Gasteiger partial charge in [-0.1, -0.05) is 46.8 Å². The summed E-state index contributed by atoms with van der Waals surface area (Å²) in [6.45, 7) is 24.2. The van der Waals surface area contributed by atoms with Crippen molar-refractivity contribution in [3.8, 4) is 0 Å². The van der Waals surface area contributed by atoms with Crippen LogP contribution in [0, 0.1) is 56.7 Å². The quantitative estimate of drug-likeness (QED) is 0.363. The Kier molecular flexibility index (Phi) is 6.45. The Hall–Kier alpha value is -0.340. The highest BCUT2D eigenvalue weighted by molar-refractivity contribution is 5.21. The largest absolute Gasteiger partial charge is 0.381 e. The lowest BCUT2D eigenvalue weighted by molar-refractivity contribution is -0.251. The number of rotatable bonds is 5. The molecule has 0 bridgehead atoms. The highest BCUT2D eigenvalue weighted by Crippen LogP contribution is 2.77. The van der Waals surface area contributed by atoms with Crippen molar-refractivity contribution in [1.29, 1.82) is 0 Å². The van der Waals surface area contributed by atoms with Crippen LogP contribution in [-0.2, 0) is 9.47 Å². The predicted octanol–water partition coefficient (Wildman–Crippen LogP) is 8.70. The van der Waals surface area contributed by atoms with Crippen molar-refractivity contribution < 1.29 is 9.47 Å². The maximum atomic E-state index is 6.24. The van der Waals surface area contributed by atoms with E-state index in [0.29, 0.717) is 33.7 Å². The molecule has 0 N–H and O–H groups in total. The molecule has 5 saturated carbocycles. The highest BCUT2D eigenvalue weighted by Gasteiger charge is 2.70. The predicted molar refractivity (Wildman–Crippen MR) is 146 cm³/mol. The van der Waals surface area contributed by atoms with Gasteiger partial charge in [-0.2, -0.15) is 0 Å². The van der Waals surface area contributed by atoms with Gasteiger partial charge in [-0.05, 0) is 135 Å². The third-order valence-corrected chi connectivity index (χ3v) is 14.1. The molecule has 35 heavy (non-hydrogen) atoms. The molecule has 200 valence electrons. The van der Waals surface area contributed by atoms with Gasteiger partial charge in [0.2, 0.25) is 0 Å². The molecule has 2 heteroatoms. The summed E-state index contributed by atoms with van der Waals surface area (Å²) in [4.78, 5) is 0. The van der Waals surface area contributed by atoms with Crippen molar-refractivity contribution in [3.05, 3.63) is 12.2 Å². The molecule has 0 amide bonds. The van der Waals surface area contributed by atoms with Gasteiger partial charge in [-0.3, -0.25) is 0 Å². The first-order valence-corrected chi connectivity index (χ1v) is 15.2. The molecule has 0 aromatic heterocycles. The number of fused-ring (bicyclic) bond motifs is 7. The zero-order chi connectivity index (χ0) is 25.4. The molecule has 5 aliphatic rings. The summed E-state index contributed by atoms with van der Waals surface area (Å²) in [6, 6.07) is 0. The van der Waals surface area contributed by atoms with E-state index in [9.17, 15) is 0 Å². The first-order valence-electron chi connectivity index (χ1n) is 15.2. The molecule has 0 aromatic carbocycles. The van der Waals surface area contributed by atoms with Crippen LogP contribution in [0.3, 0.4) is 0 Å². The standard InChI is InChI=1S/C33H56O2/c1-10-35-21-33-18-13-23(22(2)3)28(33)24-11-12-26-30(6)16-15-27(34-9)29(4,5)25(30)14-17-32(26,8)31(24,7)19-20-33/h23-28H,2,10-21H2,1,3-9H3/t23-,24+,25-,26?,27-,28?,30-,31+,32+,33+/m0/s1. The number of allylic oxidation sites excluding steroid dienone is 1. The first kappa shape index (κ1) is 26.3. The van der Waals surface area contributed by atoms with Gasteiger partial charge in [0.15, 0.2) is 0 Å². The molecular weight excluding hydrogens is 428 g/mol. The Balaban J connectivity index is 1.52. The molecule has 0 aromatic rings. The van der Waals surface area contributed by atoms with E-state index in [2.05, 4.69) is 55.0 Å². The monoisotopic (exact) mass is 484 g/mol. The van der Waals surface area contributed by atoms with Crippen molar-refractivity contribution >= 4 is 0 Å². The van der Waals surface area contributed by atoms with E-state index < -0.39 is 0 Å². The van der Waals surface area contributed by atoms with Gasteiger partial charge >= 0.3 is 0 Å². The molecule has 2 unspecified atom stereocenters. The molecule has 0 heterocycles. The summed E-state index contributed by atoms with van der Waals surface area (Å²) in [5.74, 6) is 3.92. The number of ether oxygens (including phenoxy) is 2. The average molecular weight is 485 g/mol. The van der Waals surface area contributed by atoms with Gasteiger partial charge in [-0.25, -0.2) is 0 Å². The number of methoxy groups -OCH3 is 1. The zero-order valence-corrected chi connectivity index (χ0v) is 24.5. The van der Waals surface area contributed by atoms with Crippen LogP contribution in [0.5, 0.6) is 0 Å². The summed E-state index contributed by atoms with van der Waals surface area (Å²) < 4.78 is 12.3. The van der Waals surface area contributed by atoms with Crippen molar-refractivity contribution in [1.82, 2.24) is 0 Å². The van der Waals surface area contributed by atoms with E-state index in [0.717, 1.165) is 36.9 Å². The molecule has 0 spiro atoms. The van der Waals surface area contributed by atoms with Crippen LogP contribution in [0.4, 0.5) is 0 Å². The van der Waals surface area contributed by atoms with Crippen molar-refractivity contribution in [3.63, 3.8) is 0 Å². The zero-order valence-electron chi connectivity index (χ0n) is 24.5. The summed E-state index contributed by atoms with van der Waals surface area (Å²) in [5, 5.41) is 0. The summed E-state index contributed by atoms with van der Waals surface area (Å²) in [7, 11) is 1.95. The second kappa shape index (κ2) is 8.59. The van der Waals surface area contributed by atoms with Crippen LogP contribution < -0.4 is 0 Å². The molecular formula is C33H56O2.